The van der Waals surface area contributed by atoms with Gasteiger partial charge in [0, 0.05) is 56.6 Å². The van der Waals surface area contributed by atoms with Crippen molar-refractivity contribution in [2.75, 3.05) is 97.3 Å². The van der Waals surface area contributed by atoms with Crippen molar-refractivity contribution < 1.29 is 315 Å². The van der Waals surface area contributed by atoms with Gasteiger partial charge in [-0.25, -0.2) is 47.9 Å². The number of furan rings is 5. The third kappa shape index (κ3) is 28.8. The zero-order valence-corrected chi connectivity index (χ0v) is 91.0. The first-order chi connectivity index (χ1) is 69.2. The van der Waals surface area contributed by atoms with Crippen molar-refractivity contribution >= 4 is 207 Å². The van der Waals surface area contributed by atoms with Gasteiger partial charge < -0.3 is 156 Å². The fourth-order valence-corrected chi connectivity index (χ4v) is 21.0. The molecule has 15 amide bonds. The van der Waals surface area contributed by atoms with Crippen LogP contribution in [0, 0.1) is 0 Å². The van der Waals surface area contributed by atoms with Crippen LogP contribution in [0.15, 0.2) is 196 Å². The summed E-state index contributed by atoms with van der Waals surface area (Å²) >= 11 is 6.06. The minimum atomic E-state index is -1.35. The van der Waals surface area contributed by atoms with Crippen LogP contribution < -0.4 is 173 Å². The molecule has 10 atom stereocenters. The molecule has 5 aromatic rings. The number of amides is 15. The molecule has 0 spiro atoms. The van der Waals surface area contributed by atoms with Crippen LogP contribution >= 0.6 is 58.8 Å². The average molecular weight is 2220 g/mol. The number of carboxylic acid groups (broad SMARTS) is 5. The summed E-state index contributed by atoms with van der Waals surface area (Å²) in [6.45, 7) is -1.73. The van der Waals surface area contributed by atoms with Gasteiger partial charge in [0.1, 0.15) is 154 Å². The molecule has 5 aromatic heterocycles. The predicted molar refractivity (Wildman–Crippen MR) is 492 cm³/mol. The van der Waals surface area contributed by atoms with E-state index in [1.54, 1.807) is 30.3 Å². The minimum absolute atomic E-state index is 0. The summed E-state index contributed by atoms with van der Waals surface area (Å²) in [7, 11) is 6.27. The molecule has 0 bridgehead atoms. The third-order valence-electron chi connectivity index (χ3n) is 20.4. The Balaban J connectivity index is 0.000000484. The van der Waals surface area contributed by atoms with Crippen LogP contribution in [0.5, 0.6) is 0 Å². The molecule has 69 heteroatoms. The first kappa shape index (κ1) is 123. The number of thioether (sulfide) groups is 5. The van der Waals surface area contributed by atoms with Gasteiger partial charge in [-0.3, -0.25) is 72.4 Å². The standard InChI is InChI=1S/5C16H16N4O8S.4Na.4H/c5*1-26-19-9(8-3-2-4-27-8)12(21)18-10-13(22)20-11(15(23)24)7(5-28-16(17)25)6-29-14(10)20;;;;;;;;/h5*2-4,10,14H,5-6H2,1H3,(H2,17,25)(H,18,21)(H,23,24);;;;;;;;/q;;;;;4*+1;4*-1/b5*19-9-;;;;;;;;/t5*10-,14+;;;;;;;;/m11111......../s1. The molecule has 10 aliphatic heterocycles. The van der Waals surface area contributed by atoms with Crippen LogP contribution in [-0.4, -0.2) is 352 Å². The van der Waals surface area contributed by atoms with E-state index in [1.165, 1.54) is 156 Å². The van der Waals surface area contributed by atoms with Crippen LogP contribution in [0.2, 0.25) is 0 Å². The number of carbonyl (C=O) groups excluding carboxylic acids is 15. The van der Waals surface area contributed by atoms with Gasteiger partial charge in [0.05, 0.1) is 31.3 Å². The Morgan fingerprint density at radius 2 is 0.450 bits per heavy atom. The largest absolute Gasteiger partial charge is 1.00 e. The number of carboxylic acids is 5. The van der Waals surface area contributed by atoms with Crippen LogP contribution in [-0.2, 0) is 120 Å². The van der Waals surface area contributed by atoms with Crippen molar-refractivity contribution in [3.8, 4) is 0 Å². The molecule has 149 heavy (non-hydrogen) atoms. The quantitative estimate of drug-likeness (QED) is 0.00589. The number of oxime groups is 5. The molecule has 5 saturated heterocycles. The maximum absolute atomic E-state index is 12.6. The molecule has 0 saturated carbocycles. The van der Waals surface area contributed by atoms with E-state index in [4.69, 9.17) is 50.8 Å². The van der Waals surface area contributed by atoms with Crippen LogP contribution in [0.25, 0.3) is 0 Å². The Labute approximate surface area is 950 Å². The maximum atomic E-state index is 12.6. The number of rotatable bonds is 35. The molecule has 778 valence electrons. The van der Waals surface area contributed by atoms with Crippen molar-refractivity contribution in [3.63, 3.8) is 0 Å². The monoisotopic (exact) mass is 2220 g/mol. The second kappa shape index (κ2) is 56.3. The van der Waals surface area contributed by atoms with E-state index in [1.807, 2.05) is 0 Å². The summed E-state index contributed by atoms with van der Waals surface area (Å²) in [5, 5.41) is 75.0. The Morgan fingerprint density at radius 3 is 0.564 bits per heavy atom. The summed E-state index contributed by atoms with van der Waals surface area (Å²) in [6.07, 6.45) is 1.45. The van der Waals surface area contributed by atoms with E-state index >= 15 is 0 Å². The van der Waals surface area contributed by atoms with Crippen LogP contribution in [0.3, 0.4) is 0 Å². The summed E-state index contributed by atoms with van der Waals surface area (Å²) < 4.78 is 48.9. The van der Waals surface area contributed by atoms with E-state index in [2.05, 4.69) is 100 Å². The second-order valence-electron chi connectivity index (χ2n) is 29.1. The Kier molecular flexibility index (Phi) is 46.3. The van der Waals surface area contributed by atoms with Crippen molar-refractivity contribution in [1.82, 2.24) is 51.1 Å². The minimum Gasteiger partial charge on any atom is -1.00 e. The van der Waals surface area contributed by atoms with E-state index in [9.17, 15) is 121 Å². The van der Waals surface area contributed by atoms with Crippen molar-refractivity contribution in [1.29, 1.82) is 0 Å². The van der Waals surface area contributed by atoms with Gasteiger partial charge >= 0.3 is 179 Å². The number of fused-ring (bicyclic) bond motifs is 5. The summed E-state index contributed by atoms with van der Waals surface area (Å²) in [5.74, 6) is -11.9. The van der Waals surface area contributed by atoms with Gasteiger partial charge in [0.25, 0.3) is 59.1 Å². The zero-order chi connectivity index (χ0) is 106. The van der Waals surface area contributed by atoms with Crippen LogP contribution in [0.1, 0.15) is 34.5 Å². The molecular formula is C80H84N20Na4O40S5. The van der Waals surface area contributed by atoms with Gasteiger partial charge in [-0.15, -0.1) is 58.8 Å². The number of primary amides is 5. The Hall–Kier alpha value is -13.4. The molecule has 15 heterocycles. The van der Waals surface area contributed by atoms with Gasteiger partial charge in [-0.1, -0.05) is 25.8 Å². The molecule has 10 aliphatic rings. The SMILES string of the molecule is CO/N=C(\C(=O)N[C@@H]1C(=O)N2C(C(=O)O)=C(COC(N)=O)CS[C@@H]12)c1ccco1.CO/N=C(\C(=O)N[C@@H]1C(=O)N2C(C(=O)O)=C(COC(N)=O)CS[C@@H]12)c1ccco1.CO/N=C(\C(=O)N[C@@H]1C(=O)N2C(C(=O)O)=C(COC(N)=O)CS[C@@H]12)c1ccco1.CO/N=C(\C(=O)N[C@@H]1C(=O)N2C(C(=O)O)=C(COC(N)=O)CS[C@@H]12)c1ccco1.CO/N=C(\C(=O)N[C@@H]1C(=O)N2C(C(=O)O)=C(COC(N)=O)CS[C@@H]12)c1ccco1.[H-].[H-].[H-].[H-].[Na+].[Na+].[Na+].[Na+]. The number of hydrogen-bond donors (Lipinski definition) is 15. The average Bonchev–Trinajstić information content (AvgIpc) is 1.39. The number of β-lactam (4-membered cyclic amide) rings is 5. The first-order valence-electron chi connectivity index (χ1n) is 40.6. The van der Waals surface area contributed by atoms with E-state index in [-0.39, 0.29) is 299 Å². The molecular weight excluding hydrogens is 2130 g/mol. The predicted octanol–water partition coefficient (Wildman–Crippen LogP) is -14.2. The Morgan fingerprint density at radius 1 is 0.302 bits per heavy atom. The van der Waals surface area contributed by atoms with Gasteiger partial charge in [0.2, 0.25) is 28.6 Å². The zero-order valence-electron chi connectivity index (χ0n) is 82.9. The number of nitrogens with two attached hydrogens (primary N) is 5. The number of nitrogens with one attached hydrogen (secondary N) is 5. The number of aliphatic carboxylic acids is 5. The molecule has 60 nitrogen and oxygen atoms in total. The first-order valence-corrected chi connectivity index (χ1v) is 45.9. The maximum Gasteiger partial charge on any atom is 1.00 e. The van der Waals surface area contributed by atoms with E-state index < -0.39 is 176 Å². The third-order valence-corrected chi connectivity index (χ3v) is 27.1. The summed E-state index contributed by atoms with van der Waals surface area (Å²) in [5.41, 5.74) is 23.4. The number of ether oxygens (including phenoxy) is 5. The molecule has 5 fully saturated rings. The number of nitrogens with zero attached hydrogens (tertiary/aromatic N) is 10. The molecule has 0 radical (unpaired) electrons. The second-order valence-corrected chi connectivity index (χ2v) is 34.7. The Bertz CT molecular complexity index is 5460. The smallest absolute Gasteiger partial charge is 1.00 e. The molecule has 0 unspecified atom stereocenters. The fourth-order valence-electron chi connectivity index (χ4n) is 14.3. The molecule has 20 N–H and O–H groups in total. The van der Waals surface area contributed by atoms with Crippen molar-refractivity contribution in [2.45, 2.75) is 57.1 Å². The molecule has 0 aromatic carbocycles. The molecule has 0 aliphatic carbocycles. The molecule has 15 rings (SSSR count). The van der Waals surface area contributed by atoms with E-state index in [0.717, 1.165) is 24.5 Å². The van der Waals surface area contributed by atoms with Gasteiger partial charge in [-0.05, 0) is 60.7 Å². The van der Waals surface area contributed by atoms with Gasteiger partial charge in [0.15, 0.2) is 28.8 Å². The number of hydrogen-bond acceptors (Lipinski definition) is 45. The van der Waals surface area contributed by atoms with Crippen molar-refractivity contribution in [2.24, 2.45) is 54.4 Å². The summed E-state index contributed by atoms with van der Waals surface area (Å²) in [4.78, 5) is 266. The number of carbonyl (C=O) groups is 20. The summed E-state index contributed by atoms with van der Waals surface area (Å²) in [6, 6.07) is 10.4. The van der Waals surface area contributed by atoms with Crippen molar-refractivity contribution in [3.05, 3.63) is 177 Å². The fraction of sp³-hybridized carbons (Fsp3) is 0.312. The normalized spacial score (nSPS) is 20.6. The van der Waals surface area contributed by atoms with E-state index in [0.29, 0.717) is 0 Å². The van der Waals surface area contributed by atoms with Crippen LogP contribution in [0.4, 0.5) is 24.0 Å². The van der Waals surface area contributed by atoms with Gasteiger partial charge in [-0.2, -0.15) is 0 Å². The topological polar surface area (TPSA) is 869 Å².